The molecule has 200 valence electrons. The molecule has 1 saturated carbocycles. The maximum atomic E-state index is 13.8. The minimum absolute atomic E-state index is 0.0153. The lowest BCUT2D eigenvalue weighted by atomic mass is 9.83. The molecule has 1 unspecified atom stereocenters. The Balaban J connectivity index is 0.00000164. The molecule has 1 heterocycles. The maximum Gasteiger partial charge on any atom is 0.269 e. The number of nitro groups is 1. The van der Waals surface area contributed by atoms with Gasteiger partial charge in [-0.1, -0.05) is 73.8 Å². The Labute approximate surface area is 228 Å². The van der Waals surface area contributed by atoms with E-state index in [9.17, 15) is 14.9 Å². The van der Waals surface area contributed by atoms with Gasteiger partial charge in [0.05, 0.1) is 11.5 Å². The average Bonchev–Trinajstić information content (AvgIpc) is 3.18. The molecule has 1 aliphatic carbocycles. The highest BCUT2D eigenvalue weighted by Crippen LogP contribution is 2.47. The molecule has 1 fully saturated rings. The fraction of sp³-hybridized carbons (Fsp3) is 0.367. The van der Waals surface area contributed by atoms with Crippen LogP contribution in [0.1, 0.15) is 59.7 Å². The van der Waals surface area contributed by atoms with E-state index in [0.29, 0.717) is 23.1 Å². The van der Waals surface area contributed by atoms with E-state index in [4.69, 9.17) is 21.4 Å². The van der Waals surface area contributed by atoms with Gasteiger partial charge in [-0.05, 0) is 48.4 Å². The van der Waals surface area contributed by atoms with Crippen LogP contribution in [-0.2, 0) is 17.0 Å². The Morgan fingerprint density at radius 2 is 1.63 bits per heavy atom. The molecule has 0 aromatic heterocycles. The number of rotatable bonds is 7. The van der Waals surface area contributed by atoms with Gasteiger partial charge in [0.1, 0.15) is 0 Å². The second kappa shape index (κ2) is 12.1. The summed E-state index contributed by atoms with van der Waals surface area (Å²) in [7, 11) is 1.00. The highest BCUT2D eigenvalue weighted by molar-refractivity contribution is 6.30. The number of aliphatic hydroxyl groups is 1. The number of fused-ring (bicyclic) bond motifs is 1. The first-order valence-corrected chi connectivity index (χ1v) is 13.3. The van der Waals surface area contributed by atoms with Gasteiger partial charge in [0.2, 0.25) is 0 Å². The summed E-state index contributed by atoms with van der Waals surface area (Å²) in [4.78, 5) is 26.3. The van der Waals surface area contributed by atoms with E-state index in [0.717, 1.165) is 42.6 Å². The van der Waals surface area contributed by atoms with Crippen LogP contribution in [0.4, 0.5) is 5.69 Å². The number of hydrogen-bond donors (Lipinski definition) is 1. The van der Waals surface area contributed by atoms with Crippen LogP contribution in [0.25, 0.3) is 0 Å². The van der Waals surface area contributed by atoms with Crippen LogP contribution in [0.15, 0.2) is 72.8 Å². The summed E-state index contributed by atoms with van der Waals surface area (Å²) in [6, 6.07) is 21.4. The number of halogens is 1. The minimum Gasteiger partial charge on any atom is -0.400 e. The van der Waals surface area contributed by atoms with Crippen molar-refractivity contribution in [3.63, 3.8) is 0 Å². The first kappa shape index (κ1) is 27.8. The quantitative estimate of drug-likeness (QED) is 0.273. The molecule has 1 amide bonds. The lowest BCUT2D eigenvalue weighted by Crippen LogP contribution is -2.47. The van der Waals surface area contributed by atoms with Gasteiger partial charge in [-0.25, -0.2) is 0 Å². The first-order valence-electron chi connectivity index (χ1n) is 12.9. The lowest BCUT2D eigenvalue weighted by Gasteiger charge is -2.41. The minimum atomic E-state index is -1.12. The summed E-state index contributed by atoms with van der Waals surface area (Å²) < 4.78 is 6.89. The molecule has 5 rings (SSSR count). The molecule has 3 aromatic carbocycles. The molecule has 1 atom stereocenters. The van der Waals surface area contributed by atoms with Crippen molar-refractivity contribution in [2.24, 2.45) is 11.8 Å². The normalized spacial score (nSPS) is 22.4. The predicted octanol–water partition coefficient (Wildman–Crippen LogP) is 6.56. The van der Waals surface area contributed by atoms with Crippen LogP contribution in [0, 0.1) is 22.0 Å². The zero-order valence-electron chi connectivity index (χ0n) is 21.7. The van der Waals surface area contributed by atoms with Crippen molar-refractivity contribution in [2.75, 3.05) is 13.7 Å². The van der Waals surface area contributed by atoms with Gasteiger partial charge in [0.15, 0.2) is 5.72 Å². The van der Waals surface area contributed by atoms with Crippen molar-refractivity contribution >= 4 is 23.2 Å². The SMILES string of the molecule is CC1CCC(COC2(c3ccc(Cl)cc3)c3ccccc3C(=O)N2Cc2ccc([N+](=O)[O-])cc2)CC1.CO. The van der Waals surface area contributed by atoms with Crippen LogP contribution < -0.4 is 0 Å². The van der Waals surface area contributed by atoms with Gasteiger partial charge < -0.3 is 9.84 Å². The highest BCUT2D eigenvalue weighted by atomic mass is 35.5. The van der Waals surface area contributed by atoms with E-state index in [1.165, 1.54) is 25.0 Å². The molecule has 7 nitrogen and oxygen atoms in total. The summed E-state index contributed by atoms with van der Waals surface area (Å²) in [6.07, 6.45) is 4.58. The molecule has 38 heavy (non-hydrogen) atoms. The predicted molar refractivity (Wildman–Crippen MR) is 147 cm³/mol. The molecule has 3 aromatic rings. The second-order valence-corrected chi connectivity index (χ2v) is 10.4. The molecule has 0 bridgehead atoms. The van der Waals surface area contributed by atoms with Crippen molar-refractivity contribution in [3.05, 3.63) is 110 Å². The van der Waals surface area contributed by atoms with Gasteiger partial charge in [-0.3, -0.25) is 19.8 Å². The van der Waals surface area contributed by atoms with E-state index in [1.807, 2.05) is 48.5 Å². The Bertz CT molecular complexity index is 1260. The monoisotopic (exact) mass is 536 g/mol. The number of aliphatic hydroxyl groups excluding tert-OH is 1. The number of amides is 1. The third-order valence-corrected chi connectivity index (χ3v) is 7.79. The van der Waals surface area contributed by atoms with Crippen LogP contribution >= 0.6 is 11.6 Å². The van der Waals surface area contributed by atoms with Gasteiger partial charge in [0, 0.05) is 47.5 Å². The third kappa shape index (κ3) is 5.46. The number of nitro benzene ring substituents is 1. The maximum absolute atomic E-state index is 13.8. The second-order valence-electron chi connectivity index (χ2n) is 9.95. The van der Waals surface area contributed by atoms with E-state index in [1.54, 1.807) is 17.0 Å². The Hall–Kier alpha value is -3.26. The van der Waals surface area contributed by atoms with Crippen LogP contribution in [0.5, 0.6) is 0 Å². The lowest BCUT2D eigenvalue weighted by molar-refractivity contribution is -0.384. The first-order chi connectivity index (χ1) is 18.4. The van der Waals surface area contributed by atoms with E-state index in [2.05, 4.69) is 6.92 Å². The molecule has 2 aliphatic rings. The van der Waals surface area contributed by atoms with Gasteiger partial charge in [0.25, 0.3) is 11.6 Å². The van der Waals surface area contributed by atoms with Crippen molar-refractivity contribution in [2.45, 2.75) is 44.9 Å². The van der Waals surface area contributed by atoms with Crippen molar-refractivity contribution in [1.82, 2.24) is 4.90 Å². The van der Waals surface area contributed by atoms with Crippen molar-refractivity contribution in [3.8, 4) is 0 Å². The van der Waals surface area contributed by atoms with Crippen LogP contribution in [0.3, 0.4) is 0 Å². The summed E-state index contributed by atoms with van der Waals surface area (Å²) in [5, 5.41) is 18.7. The molecule has 0 radical (unpaired) electrons. The number of benzene rings is 3. The average molecular weight is 537 g/mol. The smallest absolute Gasteiger partial charge is 0.269 e. The fourth-order valence-corrected chi connectivity index (χ4v) is 5.57. The summed E-state index contributed by atoms with van der Waals surface area (Å²) >= 11 is 6.24. The number of carbonyl (C=O) groups is 1. The van der Waals surface area contributed by atoms with Gasteiger partial charge >= 0.3 is 0 Å². The molecule has 1 N–H and O–H groups in total. The summed E-state index contributed by atoms with van der Waals surface area (Å²) in [5.41, 5.74) is 1.92. The number of carbonyl (C=O) groups excluding carboxylic acids is 1. The van der Waals surface area contributed by atoms with E-state index in [-0.39, 0.29) is 18.1 Å². The largest absolute Gasteiger partial charge is 0.400 e. The zero-order chi connectivity index (χ0) is 27.3. The Morgan fingerprint density at radius 1 is 1.00 bits per heavy atom. The standard InChI is InChI=1S/C29H29ClN2O4.CH4O/c1-20-6-8-22(9-7-20)19-36-29(23-12-14-24(30)15-13-23)27-5-3-2-4-26(27)28(33)31(29)18-21-10-16-25(17-11-21)32(34)35;1-2/h2-5,10-17,20,22H,6-9,18-19H2,1H3;2H,1H3. The molecule has 0 saturated heterocycles. The number of non-ortho nitro benzene ring substituents is 1. The number of hydrogen-bond acceptors (Lipinski definition) is 5. The molecule has 0 spiro atoms. The highest BCUT2D eigenvalue weighted by Gasteiger charge is 2.52. The van der Waals surface area contributed by atoms with Crippen molar-refractivity contribution in [1.29, 1.82) is 0 Å². The number of nitrogens with zero attached hydrogens (tertiary/aromatic N) is 2. The Morgan fingerprint density at radius 3 is 2.26 bits per heavy atom. The Kier molecular flexibility index (Phi) is 8.82. The fourth-order valence-electron chi connectivity index (χ4n) is 5.45. The third-order valence-electron chi connectivity index (χ3n) is 7.53. The molecular weight excluding hydrogens is 504 g/mol. The van der Waals surface area contributed by atoms with Crippen LogP contribution in [-0.4, -0.2) is 34.6 Å². The number of ether oxygens (including phenoxy) is 1. The van der Waals surface area contributed by atoms with Crippen molar-refractivity contribution < 1.29 is 19.6 Å². The zero-order valence-corrected chi connectivity index (χ0v) is 22.4. The van der Waals surface area contributed by atoms with Gasteiger partial charge in [-0.2, -0.15) is 0 Å². The molecule has 1 aliphatic heterocycles. The molecular formula is C30H33ClN2O5. The topological polar surface area (TPSA) is 92.9 Å². The molecule has 8 heteroatoms. The summed E-state index contributed by atoms with van der Waals surface area (Å²) in [5.74, 6) is 1.03. The van der Waals surface area contributed by atoms with E-state index < -0.39 is 10.6 Å². The van der Waals surface area contributed by atoms with E-state index >= 15 is 0 Å². The van der Waals surface area contributed by atoms with Gasteiger partial charge in [-0.15, -0.1) is 0 Å². The van der Waals surface area contributed by atoms with Crippen LogP contribution in [0.2, 0.25) is 5.02 Å². The summed E-state index contributed by atoms with van der Waals surface area (Å²) in [6.45, 7) is 3.08.